The summed E-state index contributed by atoms with van der Waals surface area (Å²) in [7, 11) is 3.22. The van der Waals surface area contributed by atoms with Crippen LogP contribution in [0.15, 0.2) is 18.2 Å². The molecule has 6 nitrogen and oxygen atoms in total. The van der Waals surface area contributed by atoms with Crippen LogP contribution in [0.3, 0.4) is 0 Å². The summed E-state index contributed by atoms with van der Waals surface area (Å²) in [5, 5.41) is 0. The van der Waals surface area contributed by atoms with E-state index in [4.69, 9.17) is 9.47 Å². The Hall–Kier alpha value is -2.24. The summed E-state index contributed by atoms with van der Waals surface area (Å²) in [5.41, 5.74) is 1.07. The number of hydrogen-bond donors (Lipinski definition) is 0. The maximum Gasteiger partial charge on any atom is 0.224 e. The minimum absolute atomic E-state index is 0.000961. The van der Waals surface area contributed by atoms with E-state index in [1.54, 1.807) is 26.0 Å². The monoisotopic (exact) mass is 390 g/mol. The molecule has 0 radical (unpaired) electrons. The lowest BCUT2D eigenvalue weighted by Gasteiger charge is -2.35. The van der Waals surface area contributed by atoms with Crippen LogP contribution in [0.4, 0.5) is 0 Å². The number of likely N-dealkylation sites (tertiary alicyclic amines) is 1. The van der Waals surface area contributed by atoms with Gasteiger partial charge in [0.15, 0.2) is 11.5 Å². The minimum atomic E-state index is -0.000961. The third-order valence-corrected chi connectivity index (χ3v) is 5.58. The van der Waals surface area contributed by atoms with Crippen LogP contribution in [0.1, 0.15) is 51.5 Å². The standard InChI is InChI=1S/C22H34N2O4/c1-5-19-8-6-7-13-24(19)22(26)12-15-23(17(2)25)14-11-18-9-10-20(27-3)21(16-18)28-4/h9-10,16,19H,5-8,11-15H2,1-4H3. The zero-order valence-corrected chi connectivity index (χ0v) is 17.7. The fourth-order valence-electron chi connectivity index (χ4n) is 3.85. The maximum atomic E-state index is 12.7. The zero-order valence-electron chi connectivity index (χ0n) is 17.7. The van der Waals surface area contributed by atoms with Gasteiger partial charge in [0.2, 0.25) is 11.8 Å². The highest BCUT2D eigenvalue weighted by Crippen LogP contribution is 2.27. The van der Waals surface area contributed by atoms with Crippen molar-refractivity contribution in [2.45, 2.75) is 58.4 Å². The van der Waals surface area contributed by atoms with Crippen LogP contribution in [0.5, 0.6) is 11.5 Å². The quantitative estimate of drug-likeness (QED) is 0.649. The molecule has 0 N–H and O–H groups in total. The molecule has 6 heteroatoms. The summed E-state index contributed by atoms with van der Waals surface area (Å²) in [6.45, 7) is 5.60. The number of benzene rings is 1. The van der Waals surface area contributed by atoms with E-state index >= 15 is 0 Å². The Morgan fingerprint density at radius 2 is 1.89 bits per heavy atom. The SMILES string of the molecule is CCC1CCCCN1C(=O)CCN(CCc1ccc(OC)c(OC)c1)C(C)=O. The van der Waals surface area contributed by atoms with Crippen molar-refractivity contribution in [1.82, 2.24) is 9.80 Å². The molecule has 0 spiro atoms. The molecule has 1 aromatic rings. The number of methoxy groups -OCH3 is 2. The van der Waals surface area contributed by atoms with Crippen molar-refractivity contribution in [1.29, 1.82) is 0 Å². The Bertz CT molecular complexity index is 662. The van der Waals surface area contributed by atoms with E-state index in [-0.39, 0.29) is 11.8 Å². The first-order chi connectivity index (χ1) is 13.5. The fourth-order valence-corrected chi connectivity index (χ4v) is 3.85. The second kappa shape index (κ2) is 10.9. The number of carbonyl (C=O) groups excluding carboxylic acids is 2. The molecule has 2 amide bonds. The van der Waals surface area contributed by atoms with Crippen molar-refractivity contribution < 1.29 is 19.1 Å². The highest BCUT2D eigenvalue weighted by atomic mass is 16.5. The molecule has 1 atom stereocenters. The molecule has 0 bridgehead atoms. The summed E-state index contributed by atoms with van der Waals surface area (Å²) < 4.78 is 10.6. The van der Waals surface area contributed by atoms with Crippen LogP contribution in [0.25, 0.3) is 0 Å². The molecule has 1 aliphatic heterocycles. The predicted molar refractivity (Wildman–Crippen MR) is 110 cm³/mol. The van der Waals surface area contributed by atoms with Gasteiger partial charge in [0.1, 0.15) is 0 Å². The van der Waals surface area contributed by atoms with E-state index in [1.165, 1.54) is 6.42 Å². The van der Waals surface area contributed by atoms with Gasteiger partial charge in [0.25, 0.3) is 0 Å². The van der Waals surface area contributed by atoms with E-state index < -0.39 is 0 Å². The highest BCUT2D eigenvalue weighted by Gasteiger charge is 2.25. The Morgan fingerprint density at radius 3 is 2.54 bits per heavy atom. The van der Waals surface area contributed by atoms with Crippen LogP contribution in [-0.4, -0.2) is 61.5 Å². The molecular formula is C22H34N2O4. The van der Waals surface area contributed by atoms with Crippen LogP contribution in [0, 0.1) is 0 Å². The van der Waals surface area contributed by atoms with Crippen LogP contribution in [-0.2, 0) is 16.0 Å². The van der Waals surface area contributed by atoms with Gasteiger partial charge in [-0.05, 0) is 49.8 Å². The zero-order chi connectivity index (χ0) is 20.5. The lowest BCUT2D eigenvalue weighted by atomic mass is 9.99. The molecule has 1 aromatic carbocycles. The van der Waals surface area contributed by atoms with Crippen LogP contribution >= 0.6 is 0 Å². The average molecular weight is 391 g/mol. The van der Waals surface area contributed by atoms with Crippen molar-refractivity contribution in [2.24, 2.45) is 0 Å². The van der Waals surface area contributed by atoms with Crippen molar-refractivity contribution >= 4 is 11.8 Å². The van der Waals surface area contributed by atoms with Gasteiger partial charge in [-0.1, -0.05) is 13.0 Å². The molecule has 1 unspecified atom stereocenters. The van der Waals surface area contributed by atoms with Crippen molar-refractivity contribution in [3.63, 3.8) is 0 Å². The van der Waals surface area contributed by atoms with Gasteiger partial charge in [0.05, 0.1) is 14.2 Å². The van der Waals surface area contributed by atoms with E-state index in [1.807, 2.05) is 23.1 Å². The first-order valence-electron chi connectivity index (χ1n) is 10.3. The number of rotatable bonds is 9. The normalized spacial score (nSPS) is 16.6. The lowest BCUT2D eigenvalue weighted by molar-refractivity contribution is -0.136. The van der Waals surface area contributed by atoms with E-state index in [9.17, 15) is 9.59 Å². The molecular weight excluding hydrogens is 356 g/mol. The summed E-state index contributed by atoms with van der Waals surface area (Å²) in [5.74, 6) is 1.54. The van der Waals surface area contributed by atoms with Gasteiger partial charge in [-0.15, -0.1) is 0 Å². The molecule has 156 valence electrons. The van der Waals surface area contributed by atoms with Crippen LogP contribution in [0.2, 0.25) is 0 Å². The number of amides is 2. The summed E-state index contributed by atoms with van der Waals surface area (Å²) in [4.78, 5) is 28.5. The number of nitrogens with zero attached hydrogens (tertiary/aromatic N) is 2. The molecule has 2 rings (SSSR count). The summed E-state index contributed by atoms with van der Waals surface area (Å²) in [6.07, 6.45) is 5.47. The first-order valence-corrected chi connectivity index (χ1v) is 10.3. The van der Waals surface area contributed by atoms with Crippen molar-refractivity contribution in [3.05, 3.63) is 23.8 Å². The van der Waals surface area contributed by atoms with Crippen molar-refractivity contribution in [3.8, 4) is 11.5 Å². The molecule has 0 saturated carbocycles. The van der Waals surface area contributed by atoms with Crippen molar-refractivity contribution in [2.75, 3.05) is 33.9 Å². The maximum absolute atomic E-state index is 12.7. The predicted octanol–water partition coefficient (Wildman–Crippen LogP) is 3.28. The van der Waals surface area contributed by atoms with Gasteiger partial charge < -0.3 is 19.3 Å². The Balaban J connectivity index is 1.91. The molecule has 1 fully saturated rings. The Labute approximate surface area is 168 Å². The van der Waals surface area contributed by atoms with Gasteiger partial charge >= 0.3 is 0 Å². The van der Waals surface area contributed by atoms with Gasteiger partial charge in [-0.3, -0.25) is 9.59 Å². The topological polar surface area (TPSA) is 59.1 Å². The molecule has 28 heavy (non-hydrogen) atoms. The second-order valence-corrected chi connectivity index (χ2v) is 7.34. The van der Waals surface area contributed by atoms with Gasteiger partial charge in [0, 0.05) is 39.0 Å². The van der Waals surface area contributed by atoms with Gasteiger partial charge in [-0.25, -0.2) is 0 Å². The third-order valence-electron chi connectivity index (χ3n) is 5.58. The van der Waals surface area contributed by atoms with E-state index in [0.717, 1.165) is 31.4 Å². The third kappa shape index (κ3) is 5.88. The fraction of sp³-hybridized carbons (Fsp3) is 0.636. The Morgan fingerprint density at radius 1 is 1.14 bits per heavy atom. The van der Waals surface area contributed by atoms with E-state index in [2.05, 4.69) is 6.92 Å². The Kier molecular flexibility index (Phi) is 8.61. The molecule has 0 aromatic heterocycles. The smallest absolute Gasteiger partial charge is 0.224 e. The largest absolute Gasteiger partial charge is 0.493 e. The highest BCUT2D eigenvalue weighted by molar-refractivity contribution is 5.78. The van der Waals surface area contributed by atoms with Crippen LogP contribution < -0.4 is 9.47 Å². The summed E-state index contributed by atoms with van der Waals surface area (Å²) in [6, 6.07) is 6.14. The average Bonchev–Trinajstić information content (AvgIpc) is 2.72. The second-order valence-electron chi connectivity index (χ2n) is 7.34. The van der Waals surface area contributed by atoms with Gasteiger partial charge in [-0.2, -0.15) is 0 Å². The van der Waals surface area contributed by atoms with E-state index in [0.29, 0.717) is 43.5 Å². The first kappa shape index (κ1) is 22.1. The molecule has 0 aliphatic carbocycles. The number of hydrogen-bond acceptors (Lipinski definition) is 4. The summed E-state index contributed by atoms with van der Waals surface area (Å²) >= 11 is 0. The number of carbonyl (C=O) groups is 2. The molecule has 1 saturated heterocycles. The molecule has 1 aliphatic rings. The lowest BCUT2D eigenvalue weighted by Crippen LogP contribution is -2.44. The number of ether oxygens (including phenoxy) is 2. The number of piperidine rings is 1. The minimum Gasteiger partial charge on any atom is -0.493 e. The molecule has 1 heterocycles.